The number of para-hydroxylation sites is 1. The van der Waals surface area contributed by atoms with Crippen molar-refractivity contribution in [1.82, 2.24) is 10.2 Å². The largest absolute Gasteiger partial charge is 0.493 e. The zero-order valence-electron chi connectivity index (χ0n) is 13.5. The molecule has 6 nitrogen and oxygen atoms in total. The third-order valence-electron chi connectivity index (χ3n) is 3.77. The van der Waals surface area contributed by atoms with Crippen molar-refractivity contribution in [3.05, 3.63) is 30.3 Å². The molecule has 0 aromatic heterocycles. The summed E-state index contributed by atoms with van der Waals surface area (Å²) >= 11 is 0. The summed E-state index contributed by atoms with van der Waals surface area (Å²) in [4.78, 5) is 25.4. The van der Waals surface area contributed by atoms with Crippen LogP contribution in [0, 0.1) is 0 Å². The summed E-state index contributed by atoms with van der Waals surface area (Å²) in [5.74, 6) is 0.869. The number of rotatable bonds is 6. The van der Waals surface area contributed by atoms with Gasteiger partial charge in [0, 0.05) is 19.1 Å². The molecule has 0 spiro atoms. The molecule has 0 saturated carbocycles. The smallest absolute Gasteiger partial charge is 0.407 e. The highest BCUT2D eigenvalue weighted by molar-refractivity contribution is 5.76. The summed E-state index contributed by atoms with van der Waals surface area (Å²) in [5.41, 5.74) is 0. The Kier molecular flexibility index (Phi) is 6.72. The topological polar surface area (TPSA) is 67.9 Å². The summed E-state index contributed by atoms with van der Waals surface area (Å²) in [7, 11) is 0. The summed E-state index contributed by atoms with van der Waals surface area (Å²) < 4.78 is 10.4. The molecular weight excluding hydrogens is 296 g/mol. The molecule has 6 heteroatoms. The molecule has 0 unspecified atom stereocenters. The number of benzene rings is 1. The molecule has 23 heavy (non-hydrogen) atoms. The van der Waals surface area contributed by atoms with Crippen molar-refractivity contribution in [3.63, 3.8) is 0 Å². The fourth-order valence-electron chi connectivity index (χ4n) is 2.54. The second-order valence-corrected chi connectivity index (χ2v) is 5.43. The van der Waals surface area contributed by atoms with Crippen molar-refractivity contribution in [3.8, 4) is 5.75 Å². The molecule has 1 saturated heterocycles. The van der Waals surface area contributed by atoms with E-state index >= 15 is 0 Å². The zero-order valence-corrected chi connectivity index (χ0v) is 13.5. The minimum absolute atomic E-state index is 0.0821. The minimum Gasteiger partial charge on any atom is -0.493 e. The second kappa shape index (κ2) is 9.02. The molecule has 1 aromatic rings. The summed E-state index contributed by atoms with van der Waals surface area (Å²) in [6.45, 7) is 3.83. The van der Waals surface area contributed by atoms with Gasteiger partial charge in [-0.1, -0.05) is 18.2 Å². The van der Waals surface area contributed by atoms with Gasteiger partial charge in [0.25, 0.3) is 0 Å². The number of hydrogen-bond acceptors (Lipinski definition) is 4. The maximum Gasteiger partial charge on any atom is 0.407 e. The van der Waals surface area contributed by atoms with Crippen LogP contribution < -0.4 is 10.1 Å². The number of piperidine rings is 1. The lowest BCUT2D eigenvalue weighted by Crippen LogP contribution is -2.46. The van der Waals surface area contributed by atoms with Crippen molar-refractivity contribution in [2.24, 2.45) is 0 Å². The monoisotopic (exact) mass is 320 g/mol. The maximum absolute atomic E-state index is 12.2. The third kappa shape index (κ3) is 5.81. The van der Waals surface area contributed by atoms with Gasteiger partial charge in [-0.25, -0.2) is 4.79 Å². The van der Waals surface area contributed by atoms with E-state index in [9.17, 15) is 9.59 Å². The average molecular weight is 320 g/mol. The first-order valence-corrected chi connectivity index (χ1v) is 8.08. The van der Waals surface area contributed by atoms with E-state index in [4.69, 9.17) is 9.47 Å². The number of carbonyl (C=O) groups is 2. The fourth-order valence-corrected chi connectivity index (χ4v) is 2.54. The van der Waals surface area contributed by atoms with E-state index in [0.717, 1.165) is 18.6 Å². The highest BCUT2D eigenvalue weighted by Gasteiger charge is 2.23. The predicted molar refractivity (Wildman–Crippen MR) is 86.3 cm³/mol. The van der Waals surface area contributed by atoms with Gasteiger partial charge in [0.05, 0.1) is 19.6 Å². The second-order valence-electron chi connectivity index (χ2n) is 5.43. The normalized spacial score (nSPS) is 15.1. The third-order valence-corrected chi connectivity index (χ3v) is 3.77. The van der Waals surface area contributed by atoms with E-state index in [0.29, 0.717) is 32.7 Å². The number of nitrogens with zero attached hydrogens (tertiary/aromatic N) is 1. The Bertz CT molecular complexity index is 499. The van der Waals surface area contributed by atoms with Crippen LogP contribution in [0.5, 0.6) is 5.75 Å². The average Bonchev–Trinajstić information content (AvgIpc) is 2.56. The Morgan fingerprint density at radius 3 is 2.57 bits per heavy atom. The fraction of sp³-hybridized carbons (Fsp3) is 0.529. The molecule has 0 radical (unpaired) electrons. The van der Waals surface area contributed by atoms with Gasteiger partial charge in [-0.15, -0.1) is 0 Å². The first kappa shape index (κ1) is 17.1. The van der Waals surface area contributed by atoms with E-state index in [2.05, 4.69) is 5.32 Å². The summed E-state index contributed by atoms with van der Waals surface area (Å²) in [5, 5.41) is 2.82. The van der Waals surface area contributed by atoms with Crippen molar-refractivity contribution in [1.29, 1.82) is 0 Å². The lowest BCUT2D eigenvalue weighted by atomic mass is 10.1. The van der Waals surface area contributed by atoms with Gasteiger partial charge in [-0.2, -0.15) is 0 Å². The Balaban J connectivity index is 1.64. The van der Waals surface area contributed by atoms with Gasteiger partial charge < -0.3 is 19.7 Å². The quantitative estimate of drug-likeness (QED) is 0.872. The molecule has 1 fully saturated rings. The molecular formula is C17H24N2O4. The molecule has 1 heterocycles. The first-order valence-electron chi connectivity index (χ1n) is 8.08. The highest BCUT2D eigenvalue weighted by Crippen LogP contribution is 2.13. The van der Waals surface area contributed by atoms with Crippen LogP contribution in [0.25, 0.3) is 0 Å². The van der Waals surface area contributed by atoms with Crippen LogP contribution in [0.1, 0.15) is 26.2 Å². The molecule has 2 amide bonds. The van der Waals surface area contributed by atoms with E-state index in [1.807, 2.05) is 35.2 Å². The molecule has 0 bridgehead atoms. The van der Waals surface area contributed by atoms with Crippen LogP contribution in [0.15, 0.2) is 30.3 Å². The number of carbonyl (C=O) groups excluding carboxylic acids is 2. The van der Waals surface area contributed by atoms with Gasteiger partial charge in [-0.05, 0) is 31.9 Å². The zero-order chi connectivity index (χ0) is 16.5. The Labute approximate surface area is 136 Å². The van der Waals surface area contributed by atoms with E-state index < -0.39 is 0 Å². The minimum atomic E-state index is -0.381. The van der Waals surface area contributed by atoms with Gasteiger partial charge in [0.1, 0.15) is 5.75 Å². The van der Waals surface area contributed by atoms with Crippen LogP contribution in [0.4, 0.5) is 4.79 Å². The Morgan fingerprint density at radius 2 is 1.91 bits per heavy atom. The molecule has 1 aliphatic rings. The number of hydrogen-bond donors (Lipinski definition) is 1. The van der Waals surface area contributed by atoms with Gasteiger partial charge in [0.15, 0.2) is 0 Å². The maximum atomic E-state index is 12.2. The van der Waals surface area contributed by atoms with Crippen molar-refractivity contribution >= 4 is 12.0 Å². The summed E-state index contributed by atoms with van der Waals surface area (Å²) in [6, 6.07) is 9.55. The van der Waals surface area contributed by atoms with Crippen molar-refractivity contribution < 1.29 is 19.1 Å². The lowest BCUT2D eigenvalue weighted by Gasteiger charge is -2.32. The van der Waals surface area contributed by atoms with Crippen molar-refractivity contribution in [2.45, 2.75) is 32.2 Å². The number of amides is 2. The van der Waals surface area contributed by atoms with Gasteiger partial charge in [0.2, 0.25) is 5.91 Å². The van der Waals surface area contributed by atoms with Crippen LogP contribution in [-0.2, 0) is 9.53 Å². The van der Waals surface area contributed by atoms with Crippen LogP contribution >= 0.6 is 0 Å². The SMILES string of the molecule is CCOC(=O)NC1CCN(C(=O)CCOc2ccccc2)CC1. The van der Waals surface area contributed by atoms with Gasteiger partial charge >= 0.3 is 6.09 Å². The van der Waals surface area contributed by atoms with Crippen LogP contribution in [0.3, 0.4) is 0 Å². The standard InChI is InChI=1S/C17H24N2O4/c1-2-22-17(21)18-14-8-11-19(12-9-14)16(20)10-13-23-15-6-4-3-5-7-15/h3-7,14H,2,8-13H2,1H3,(H,18,21). The summed E-state index contributed by atoms with van der Waals surface area (Å²) in [6.07, 6.45) is 1.49. The number of ether oxygens (including phenoxy) is 2. The van der Waals surface area contributed by atoms with E-state index in [1.54, 1.807) is 6.92 Å². The number of likely N-dealkylation sites (tertiary alicyclic amines) is 1. The number of alkyl carbamates (subject to hydrolysis) is 1. The van der Waals surface area contributed by atoms with E-state index in [-0.39, 0.29) is 18.0 Å². The van der Waals surface area contributed by atoms with Gasteiger partial charge in [-0.3, -0.25) is 4.79 Å². The molecule has 126 valence electrons. The Hall–Kier alpha value is -2.24. The molecule has 0 aliphatic carbocycles. The predicted octanol–water partition coefficient (Wildman–Crippen LogP) is 2.19. The lowest BCUT2D eigenvalue weighted by molar-refractivity contribution is -0.132. The molecule has 1 aromatic carbocycles. The molecule has 1 aliphatic heterocycles. The molecule has 2 rings (SSSR count). The van der Waals surface area contributed by atoms with E-state index in [1.165, 1.54) is 0 Å². The highest BCUT2D eigenvalue weighted by atomic mass is 16.5. The molecule has 1 N–H and O–H groups in total. The Morgan fingerprint density at radius 1 is 1.22 bits per heavy atom. The van der Waals surface area contributed by atoms with Crippen LogP contribution in [0.2, 0.25) is 0 Å². The van der Waals surface area contributed by atoms with Crippen LogP contribution in [-0.4, -0.2) is 49.2 Å². The van der Waals surface area contributed by atoms with Crippen molar-refractivity contribution in [2.75, 3.05) is 26.3 Å². The number of nitrogens with one attached hydrogen (secondary N) is 1. The molecule has 0 atom stereocenters. The first-order chi connectivity index (χ1) is 11.2.